The topological polar surface area (TPSA) is 75.6 Å². The molecular formula is C10H19NO4. The molecule has 0 heterocycles. The fourth-order valence-corrected chi connectivity index (χ4v) is 1.05. The Kier molecular flexibility index (Phi) is 5.28. The number of amides is 1. The van der Waals surface area contributed by atoms with E-state index in [1.807, 2.05) is 0 Å². The number of aliphatic carboxylic acids is 1. The Morgan fingerprint density at radius 2 is 1.93 bits per heavy atom. The highest BCUT2D eigenvalue weighted by molar-refractivity contribution is 5.84. The van der Waals surface area contributed by atoms with Crippen molar-refractivity contribution in [3.05, 3.63) is 0 Å². The molecule has 0 aliphatic rings. The normalized spacial score (nSPS) is 13.3. The summed E-state index contributed by atoms with van der Waals surface area (Å²) < 4.78 is 4.88. The van der Waals surface area contributed by atoms with Crippen molar-refractivity contribution >= 4 is 11.9 Å². The summed E-state index contributed by atoms with van der Waals surface area (Å²) in [6, 6.07) is -0.898. The fraction of sp³-hybridized carbons (Fsp3) is 0.800. The molecule has 0 saturated heterocycles. The van der Waals surface area contributed by atoms with Gasteiger partial charge in [-0.3, -0.25) is 4.79 Å². The molecule has 2 N–H and O–H groups in total. The molecule has 0 aromatic rings. The average molecular weight is 217 g/mol. The van der Waals surface area contributed by atoms with Crippen molar-refractivity contribution in [2.75, 3.05) is 13.2 Å². The highest BCUT2D eigenvalue weighted by Gasteiger charge is 2.32. The van der Waals surface area contributed by atoms with Crippen LogP contribution >= 0.6 is 0 Å². The molecule has 1 atom stereocenters. The Hall–Kier alpha value is -1.10. The molecule has 0 unspecified atom stereocenters. The van der Waals surface area contributed by atoms with Gasteiger partial charge in [-0.15, -0.1) is 0 Å². The summed E-state index contributed by atoms with van der Waals surface area (Å²) in [4.78, 5) is 22.2. The molecule has 0 bridgehead atoms. The first-order chi connectivity index (χ1) is 6.79. The lowest BCUT2D eigenvalue weighted by Gasteiger charge is -2.27. The van der Waals surface area contributed by atoms with Crippen LogP contribution in [0, 0.1) is 5.41 Å². The predicted octanol–water partition coefficient (Wildman–Crippen LogP) is 0.638. The number of carbonyl (C=O) groups excluding carboxylic acids is 1. The van der Waals surface area contributed by atoms with Gasteiger partial charge in [-0.1, -0.05) is 20.8 Å². The van der Waals surface area contributed by atoms with Crippen LogP contribution in [-0.4, -0.2) is 36.2 Å². The third-order valence-corrected chi connectivity index (χ3v) is 1.86. The maximum absolute atomic E-state index is 11.3. The van der Waals surface area contributed by atoms with Crippen molar-refractivity contribution < 1.29 is 19.4 Å². The zero-order valence-electron chi connectivity index (χ0n) is 9.66. The van der Waals surface area contributed by atoms with Crippen molar-refractivity contribution in [3.63, 3.8) is 0 Å². The van der Waals surface area contributed by atoms with E-state index in [0.717, 1.165) is 0 Å². The van der Waals surface area contributed by atoms with E-state index in [-0.39, 0.29) is 6.61 Å². The van der Waals surface area contributed by atoms with Gasteiger partial charge in [0.25, 0.3) is 0 Å². The number of carboxylic acid groups (broad SMARTS) is 1. The molecule has 15 heavy (non-hydrogen) atoms. The molecule has 0 aliphatic heterocycles. The number of rotatable bonds is 5. The maximum Gasteiger partial charge on any atom is 0.326 e. The van der Waals surface area contributed by atoms with Crippen molar-refractivity contribution in [2.45, 2.75) is 33.7 Å². The van der Waals surface area contributed by atoms with Gasteiger partial charge in [0.2, 0.25) is 5.91 Å². The maximum atomic E-state index is 11.3. The first-order valence-electron chi connectivity index (χ1n) is 4.89. The quantitative estimate of drug-likeness (QED) is 0.708. The minimum absolute atomic E-state index is 0.101. The lowest BCUT2D eigenvalue weighted by Crippen LogP contribution is -2.50. The number of hydrogen-bond acceptors (Lipinski definition) is 3. The molecule has 1 amide bonds. The summed E-state index contributed by atoms with van der Waals surface area (Å²) in [5.41, 5.74) is -0.520. The average Bonchev–Trinajstić information content (AvgIpc) is 2.08. The highest BCUT2D eigenvalue weighted by Crippen LogP contribution is 2.19. The minimum Gasteiger partial charge on any atom is -0.480 e. The van der Waals surface area contributed by atoms with Gasteiger partial charge >= 0.3 is 5.97 Å². The van der Waals surface area contributed by atoms with Crippen LogP contribution in [0.4, 0.5) is 0 Å². The smallest absolute Gasteiger partial charge is 0.326 e. The molecule has 0 aromatic carbocycles. The third kappa shape index (κ3) is 5.37. The fourth-order valence-electron chi connectivity index (χ4n) is 1.05. The highest BCUT2D eigenvalue weighted by atomic mass is 16.5. The molecule has 5 nitrogen and oxygen atoms in total. The lowest BCUT2D eigenvalue weighted by atomic mass is 9.87. The molecule has 0 fully saturated rings. The number of ether oxygens (including phenoxy) is 1. The number of carboxylic acids is 1. The van der Waals surface area contributed by atoms with Gasteiger partial charge in [-0.2, -0.15) is 0 Å². The molecule has 5 heteroatoms. The third-order valence-electron chi connectivity index (χ3n) is 1.86. The lowest BCUT2D eigenvalue weighted by molar-refractivity contribution is -0.145. The second kappa shape index (κ2) is 5.70. The van der Waals surface area contributed by atoms with E-state index in [0.29, 0.717) is 6.61 Å². The van der Waals surface area contributed by atoms with E-state index < -0.39 is 23.3 Å². The molecule has 0 rings (SSSR count). The van der Waals surface area contributed by atoms with Crippen molar-refractivity contribution in [3.8, 4) is 0 Å². The van der Waals surface area contributed by atoms with E-state index in [4.69, 9.17) is 9.84 Å². The first kappa shape index (κ1) is 13.9. The number of hydrogen-bond donors (Lipinski definition) is 2. The van der Waals surface area contributed by atoms with Crippen molar-refractivity contribution in [2.24, 2.45) is 5.41 Å². The van der Waals surface area contributed by atoms with Crippen LogP contribution in [0.25, 0.3) is 0 Å². The second-order valence-corrected chi connectivity index (χ2v) is 4.34. The van der Waals surface area contributed by atoms with E-state index in [1.165, 1.54) is 0 Å². The summed E-state index contributed by atoms with van der Waals surface area (Å²) in [7, 11) is 0. The van der Waals surface area contributed by atoms with Gasteiger partial charge in [0.15, 0.2) is 0 Å². The predicted molar refractivity (Wildman–Crippen MR) is 55.5 cm³/mol. The Labute approximate surface area is 89.8 Å². The molecule has 88 valence electrons. The van der Waals surface area contributed by atoms with E-state index in [1.54, 1.807) is 27.7 Å². The van der Waals surface area contributed by atoms with Crippen molar-refractivity contribution in [1.29, 1.82) is 0 Å². The van der Waals surface area contributed by atoms with Gasteiger partial charge in [0.1, 0.15) is 12.6 Å². The van der Waals surface area contributed by atoms with Crippen LogP contribution < -0.4 is 5.32 Å². The zero-order valence-corrected chi connectivity index (χ0v) is 9.66. The SMILES string of the molecule is CCOCC(=O)N[C@H](C(=O)O)C(C)(C)C. The van der Waals surface area contributed by atoms with Gasteiger partial charge in [-0.25, -0.2) is 4.79 Å². The number of nitrogens with one attached hydrogen (secondary N) is 1. The summed E-state index contributed by atoms with van der Waals surface area (Å²) in [5, 5.41) is 11.4. The Bertz CT molecular complexity index is 232. The van der Waals surface area contributed by atoms with Gasteiger partial charge in [0.05, 0.1) is 0 Å². The van der Waals surface area contributed by atoms with E-state index >= 15 is 0 Å². The monoisotopic (exact) mass is 217 g/mol. The second-order valence-electron chi connectivity index (χ2n) is 4.34. The van der Waals surface area contributed by atoms with E-state index in [9.17, 15) is 9.59 Å². The van der Waals surface area contributed by atoms with Crippen LogP contribution in [-0.2, 0) is 14.3 Å². The Morgan fingerprint density at radius 1 is 1.40 bits per heavy atom. The van der Waals surface area contributed by atoms with Crippen molar-refractivity contribution in [1.82, 2.24) is 5.32 Å². The van der Waals surface area contributed by atoms with Crippen LogP contribution in [0.3, 0.4) is 0 Å². The van der Waals surface area contributed by atoms with Gasteiger partial charge < -0.3 is 15.2 Å². The first-order valence-corrected chi connectivity index (χ1v) is 4.89. The molecular weight excluding hydrogens is 198 g/mol. The summed E-state index contributed by atoms with van der Waals surface area (Å²) in [6.07, 6.45) is 0. The largest absolute Gasteiger partial charge is 0.480 e. The molecule has 0 aliphatic carbocycles. The Balaban J connectivity index is 4.31. The summed E-state index contributed by atoms with van der Waals surface area (Å²) in [6.45, 7) is 7.37. The molecule has 0 radical (unpaired) electrons. The molecule has 0 aromatic heterocycles. The van der Waals surface area contributed by atoms with Crippen LogP contribution in [0.5, 0.6) is 0 Å². The minimum atomic E-state index is -1.03. The van der Waals surface area contributed by atoms with Crippen LogP contribution in [0.15, 0.2) is 0 Å². The number of carbonyl (C=O) groups is 2. The van der Waals surface area contributed by atoms with E-state index in [2.05, 4.69) is 5.32 Å². The summed E-state index contributed by atoms with van der Waals surface area (Å²) >= 11 is 0. The standard InChI is InChI=1S/C10H19NO4/c1-5-15-6-7(12)11-8(9(13)14)10(2,3)4/h8H,5-6H2,1-4H3,(H,11,12)(H,13,14)/t8-/m1/s1. The summed E-state index contributed by atoms with van der Waals surface area (Å²) in [5.74, 6) is -1.44. The molecule has 0 saturated carbocycles. The zero-order chi connectivity index (χ0) is 12.1. The van der Waals surface area contributed by atoms with Crippen LogP contribution in [0.1, 0.15) is 27.7 Å². The van der Waals surface area contributed by atoms with Gasteiger partial charge in [-0.05, 0) is 12.3 Å². The van der Waals surface area contributed by atoms with Crippen LogP contribution in [0.2, 0.25) is 0 Å². The Morgan fingerprint density at radius 3 is 2.27 bits per heavy atom. The molecule has 0 spiro atoms. The van der Waals surface area contributed by atoms with Gasteiger partial charge in [0, 0.05) is 6.61 Å².